The van der Waals surface area contributed by atoms with Gasteiger partial charge in [-0.25, -0.2) is 4.98 Å². The van der Waals surface area contributed by atoms with E-state index in [0.717, 1.165) is 37.5 Å². The fourth-order valence-electron chi connectivity index (χ4n) is 1.75. The van der Waals surface area contributed by atoms with Crippen molar-refractivity contribution in [2.75, 3.05) is 13.1 Å². The lowest BCUT2D eigenvalue weighted by Crippen LogP contribution is -2.36. The molecule has 2 heterocycles. The van der Waals surface area contributed by atoms with Crippen LogP contribution in [0, 0.1) is 5.41 Å². The van der Waals surface area contributed by atoms with Crippen molar-refractivity contribution in [1.29, 1.82) is 5.41 Å². The normalized spacial score (nSPS) is 17.4. The number of nitrogens with one attached hydrogen (secondary N) is 1. The topological polar surface area (TPSA) is 40.0 Å². The van der Waals surface area contributed by atoms with Gasteiger partial charge in [-0.15, -0.1) is 11.3 Å². The Kier molecular flexibility index (Phi) is 3.14. The first-order valence-electron chi connectivity index (χ1n) is 5.06. The van der Waals surface area contributed by atoms with Gasteiger partial charge in [-0.05, 0) is 12.8 Å². The molecule has 1 saturated heterocycles. The SMILES string of the molecule is N=C1CCCCN1CCc1cscn1. The van der Waals surface area contributed by atoms with E-state index in [1.807, 2.05) is 5.51 Å². The number of hydrogen-bond donors (Lipinski definition) is 1. The van der Waals surface area contributed by atoms with Gasteiger partial charge in [0.2, 0.25) is 0 Å². The molecule has 0 amide bonds. The number of hydrogen-bond acceptors (Lipinski definition) is 3. The smallest absolute Gasteiger partial charge is 0.0957 e. The molecule has 1 aromatic heterocycles. The summed E-state index contributed by atoms with van der Waals surface area (Å²) in [5, 5.41) is 9.87. The van der Waals surface area contributed by atoms with Gasteiger partial charge in [-0.1, -0.05) is 0 Å². The maximum atomic E-state index is 7.78. The summed E-state index contributed by atoms with van der Waals surface area (Å²) in [6.07, 6.45) is 4.36. The molecule has 1 N–H and O–H groups in total. The van der Waals surface area contributed by atoms with Crippen LogP contribution in [0.5, 0.6) is 0 Å². The first kappa shape index (κ1) is 9.65. The molecule has 3 nitrogen and oxygen atoms in total. The maximum Gasteiger partial charge on any atom is 0.0957 e. The predicted octanol–water partition coefficient (Wildman–Crippen LogP) is 2.15. The van der Waals surface area contributed by atoms with Crippen molar-refractivity contribution in [3.63, 3.8) is 0 Å². The first-order chi connectivity index (χ1) is 6.86. The molecular formula is C10H15N3S. The van der Waals surface area contributed by atoms with Gasteiger partial charge < -0.3 is 4.90 Å². The quantitative estimate of drug-likeness (QED) is 0.828. The maximum absolute atomic E-state index is 7.78. The zero-order chi connectivity index (χ0) is 9.80. The van der Waals surface area contributed by atoms with Gasteiger partial charge in [-0.3, -0.25) is 5.41 Å². The Balaban J connectivity index is 1.82. The van der Waals surface area contributed by atoms with Gasteiger partial charge in [0.15, 0.2) is 0 Å². The van der Waals surface area contributed by atoms with E-state index in [9.17, 15) is 0 Å². The summed E-state index contributed by atoms with van der Waals surface area (Å²) in [5.41, 5.74) is 3.03. The summed E-state index contributed by atoms with van der Waals surface area (Å²) in [4.78, 5) is 6.43. The molecule has 0 spiro atoms. The summed E-state index contributed by atoms with van der Waals surface area (Å²) in [7, 11) is 0. The van der Waals surface area contributed by atoms with Crippen LogP contribution in [0.3, 0.4) is 0 Å². The molecule has 1 aliphatic heterocycles. The van der Waals surface area contributed by atoms with Crippen LogP contribution in [-0.2, 0) is 6.42 Å². The minimum absolute atomic E-state index is 0.812. The van der Waals surface area contributed by atoms with E-state index in [1.54, 1.807) is 11.3 Å². The lowest BCUT2D eigenvalue weighted by molar-refractivity contribution is 0.369. The number of aromatic nitrogens is 1. The molecule has 0 aromatic carbocycles. The van der Waals surface area contributed by atoms with Crippen LogP contribution in [0.25, 0.3) is 0 Å². The largest absolute Gasteiger partial charge is 0.360 e. The minimum Gasteiger partial charge on any atom is -0.360 e. The van der Waals surface area contributed by atoms with Crippen LogP contribution in [0.2, 0.25) is 0 Å². The van der Waals surface area contributed by atoms with Crippen molar-refractivity contribution in [3.05, 3.63) is 16.6 Å². The number of piperidine rings is 1. The summed E-state index contributed by atoms with van der Waals surface area (Å²) >= 11 is 1.64. The Labute approximate surface area is 88.3 Å². The Hall–Kier alpha value is -0.900. The van der Waals surface area contributed by atoms with E-state index in [2.05, 4.69) is 15.3 Å². The van der Waals surface area contributed by atoms with Gasteiger partial charge in [0.25, 0.3) is 0 Å². The lowest BCUT2D eigenvalue weighted by Gasteiger charge is -2.28. The van der Waals surface area contributed by atoms with E-state index in [0.29, 0.717) is 0 Å². The molecule has 1 fully saturated rings. The Morgan fingerprint density at radius 2 is 2.43 bits per heavy atom. The molecule has 4 heteroatoms. The Morgan fingerprint density at radius 3 is 3.14 bits per heavy atom. The van der Waals surface area contributed by atoms with Crippen molar-refractivity contribution >= 4 is 17.2 Å². The summed E-state index contributed by atoms with van der Waals surface area (Å²) < 4.78 is 0. The van der Waals surface area contributed by atoms with Gasteiger partial charge >= 0.3 is 0 Å². The molecule has 0 atom stereocenters. The van der Waals surface area contributed by atoms with E-state index in [4.69, 9.17) is 5.41 Å². The lowest BCUT2D eigenvalue weighted by atomic mass is 10.1. The van der Waals surface area contributed by atoms with Gasteiger partial charge in [-0.2, -0.15) is 0 Å². The number of thiazole rings is 1. The fraction of sp³-hybridized carbons (Fsp3) is 0.600. The molecule has 76 valence electrons. The van der Waals surface area contributed by atoms with E-state index >= 15 is 0 Å². The van der Waals surface area contributed by atoms with Crippen LogP contribution in [-0.4, -0.2) is 28.8 Å². The summed E-state index contributed by atoms with van der Waals surface area (Å²) in [6, 6.07) is 0. The highest BCUT2D eigenvalue weighted by Gasteiger charge is 2.14. The predicted molar refractivity (Wildman–Crippen MR) is 59.0 cm³/mol. The molecule has 0 saturated carbocycles. The molecule has 0 radical (unpaired) electrons. The van der Waals surface area contributed by atoms with E-state index in [1.165, 1.54) is 12.8 Å². The molecule has 0 unspecified atom stereocenters. The summed E-state index contributed by atoms with van der Waals surface area (Å²) in [6.45, 7) is 2.02. The fourth-order valence-corrected chi connectivity index (χ4v) is 2.34. The third kappa shape index (κ3) is 2.32. The van der Waals surface area contributed by atoms with E-state index < -0.39 is 0 Å². The van der Waals surface area contributed by atoms with Crippen LogP contribution < -0.4 is 0 Å². The van der Waals surface area contributed by atoms with Crippen molar-refractivity contribution in [3.8, 4) is 0 Å². The monoisotopic (exact) mass is 209 g/mol. The molecule has 0 aliphatic carbocycles. The number of nitrogens with zero attached hydrogens (tertiary/aromatic N) is 2. The molecule has 1 aliphatic rings. The highest BCUT2D eigenvalue weighted by Crippen LogP contribution is 2.11. The van der Waals surface area contributed by atoms with Crippen LogP contribution >= 0.6 is 11.3 Å². The van der Waals surface area contributed by atoms with Gasteiger partial charge in [0, 0.05) is 31.3 Å². The van der Waals surface area contributed by atoms with Crippen LogP contribution in [0.4, 0.5) is 0 Å². The molecular weight excluding hydrogens is 194 g/mol. The number of amidine groups is 1. The summed E-state index contributed by atoms with van der Waals surface area (Å²) in [5.74, 6) is 0.812. The average Bonchev–Trinajstić information content (AvgIpc) is 2.69. The standard InChI is InChI=1S/C10H15N3S/c11-10-3-1-2-5-13(10)6-4-9-7-14-8-12-9/h7-8,11H,1-6H2. The second-order valence-electron chi connectivity index (χ2n) is 3.62. The molecule has 14 heavy (non-hydrogen) atoms. The average molecular weight is 209 g/mol. The van der Waals surface area contributed by atoms with Crippen molar-refractivity contribution in [2.24, 2.45) is 0 Å². The highest BCUT2D eigenvalue weighted by atomic mass is 32.1. The Bertz CT molecular complexity index is 294. The second kappa shape index (κ2) is 4.55. The molecule has 2 rings (SSSR count). The van der Waals surface area contributed by atoms with Crippen LogP contribution in [0.15, 0.2) is 10.9 Å². The van der Waals surface area contributed by atoms with Crippen molar-refractivity contribution in [2.45, 2.75) is 25.7 Å². The zero-order valence-electron chi connectivity index (χ0n) is 8.20. The van der Waals surface area contributed by atoms with Crippen molar-refractivity contribution in [1.82, 2.24) is 9.88 Å². The first-order valence-corrected chi connectivity index (χ1v) is 6.00. The van der Waals surface area contributed by atoms with Crippen LogP contribution in [0.1, 0.15) is 25.0 Å². The number of rotatable bonds is 3. The molecule has 1 aromatic rings. The molecule has 0 bridgehead atoms. The minimum atomic E-state index is 0.812. The zero-order valence-corrected chi connectivity index (χ0v) is 9.02. The highest BCUT2D eigenvalue weighted by molar-refractivity contribution is 7.07. The Morgan fingerprint density at radius 1 is 1.50 bits per heavy atom. The van der Waals surface area contributed by atoms with Crippen molar-refractivity contribution < 1.29 is 0 Å². The van der Waals surface area contributed by atoms with E-state index in [-0.39, 0.29) is 0 Å². The van der Waals surface area contributed by atoms with Gasteiger partial charge in [0.05, 0.1) is 17.0 Å². The number of likely N-dealkylation sites (tertiary alicyclic amines) is 1. The second-order valence-corrected chi connectivity index (χ2v) is 4.34. The van der Waals surface area contributed by atoms with Gasteiger partial charge in [0.1, 0.15) is 0 Å². The third-order valence-corrected chi connectivity index (χ3v) is 3.23. The third-order valence-electron chi connectivity index (χ3n) is 2.59.